The molecular formula is C17H18N4OS. The molecule has 3 aromatic rings. The molecule has 3 rings (SSSR count). The van der Waals surface area contributed by atoms with Crippen molar-refractivity contribution in [2.24, 2.45) is 5.84 Å². The van der Waals surface area contributed by atoms with Gasteiger partial charge in [-0.2, -0.15) is 0 Å². The molecule has 118 valence electrons. The van der Waals surface area contributed by atoms with Crippen LogP contribution in [0.1, 0.15) is 27.0 Å². The largest absolute Gasteiger partial charge is 0.321 e. The smallest absolute Gasteiger partial charge is 0.255 e. The van der Waals surface area contributed by atoms with E-state index in [2.05, 4.69) is 15.7 Å². The predicted molar refractivity (Wildman–Crippen MR) is 96.0 cm³/mol. The first-order valence-electron chi connectivity index (χ1n) is 7.25. The first kappa shape index (κ1) is 15.5. The zero-order valence-corrected chi connectivity index (χ0v) is 14.0. The lowest BCUT2D eigenvalue weighted by molar-refractivity contribution is 0.102. The molecule has 4 N–H and O–H groups in total. The number of rotatable bonds is 3. The van der Waals surface area contributed by atoms with Gasteiger partial charge in [0.05, 0.1) is 10.2 Å². The van der Waals surface area contributed by atoms with Crippen LogP contribution in [0.2, 0.25) is 0 Å². The molecule has 0 radical (unpaired) electrons. The van der Waals surface area contributed by atoms with Crippen LogP contribution in [0.25, 0.3) is 10.2 Å². The van der Waals surface area contributed by atoms with Crippen LogP contribution in [0.15, 0.2) is 30.3 Å². The van der Waals surface area contributed by atoms with Gasteiger partial charge >= 0.3 is 0 Å². The van der Waals surface area contributed by atoms with Gasteiger partial charge < -0.3 is 5.32 Å². The number of nitrogen functional groups attached to an aromatic ring is 1. The third-order valence-electron chi connectivity index (χ3n) is 3.76. The molecule has 1 heterocycles. The van der Waals surface area contributed by atoms with Crippen molar-refractivity contribution in [3.63, 3.8) is 0 Å². The molecule has 0 saturated heterocycles. The molecule has 0 aliphatic carbocycles. The number of benzene rings is 2. The van der Waals surface area contributed by atoms with E-state index >= 15 is 0 Å². The molecule has 0 saturated carbocycles. The molecule has 0 aliphatic heterocycles. The number of hydrazine groups is 1. The van der Waals surface area contributed by atoms with Crippen LogP contribution < -0.4 is 16.6 Å². The molecule has 0 fully saturated rings. The molecule has 0 aliphatic rings. The van der Waals surface area contributed by atoms with Crippen LogP contribution in [0.4, 0.5) is 10.8 Å². The third-order valence-corrected chi connectivity index (χ3v) is 4.88. The molecule has 1 amide bonds. The van der Waals surface area contributed by atoms with Gasteiger partial charge in [0.2, 0.25) is 0 Å². The number of nitrogens with two attached hydrogens (primary N) is 1. The maximum Gasteiger partial charge on any atom is 0.255 e. The van der Waals surface area contributed by atoms with Crippen molar-refractivity contribution in [1.29, 1.82) is 0 Å². The Labute approximate surface area is 138 Å². The van der Waals surface area contributed by atoms with Crippen molar-refractivity contribution in [3.8, 4) is 0 Å². The minimum Gasteiger partial charge on any atom is -0.321 e. The van der Waals surface area contributed by atoms with Crippen molar-refractivity contribution in [3.05, 3.63) is 52.6 Å². The highest BCUT2D eigenvalue weighted by Gasteiger charge is 2.15. The molecule has 1 aromatic heterocycles. The molecule has 0 unspecified atom stereocenters. The van der Waals surface area contributed by atoms with Crippen LogP contribution in [-0.2, 0) is 0 Å². The summed E-state index contributed by atoms with van der Waals surface area (Å²) in [6.07, 6.45) is 0. The number of hydrogen-bond acceptors (Lipinski definition) is 5. The highest BCUT2D eigenvalue weighted by atomic mass is 32.1. The second-order valence-electron chi connectivity index (χ2n) is 5.53. The zero-order valence-electron chi connectivity index (χ0n) is 13.2. The monoisotopic (exact) mass is 326 g/mol. The Kier molecular flexibility index (Phi) is 4.02. The number of aryl methyl sites for hydroxylation is 3. The quantitative estimate of drug-likeness (QED) is 0.506. The van der Waals surface area contributed by atoms with Crippen LogP contribution in [-0.4, -0.2) is 10.9 Å². The number of carbonyl (C=O) groups excluding carboxylic acids is 1. The lowest BCUT2D eigenvalue weighted by Crippen LogP contribution is -2.14. The van der Waals surface area contributed by atoms with E-state index in [0.29, 0.717) is 10.7 Å². The summed E-state index contributed by atoms with van der Waals surface area (Å²) in [5, 5.41) is 3.69. The second-order valence-corrected chi connectivity index (χ2v) is 6.53. The Morgan fingerprint density at radius 3 is 2.70 bits per heavy atom. The van der Waals surface area contributed by atoms with Gasteiger partial charge in [-0.1, -0.05) is 29.0 Å². The van der Waals surface area contributed by atoms with E-state index in [4.69, 9.17) is 5.84 Å². The van der Waals surface area contributed by atoms with Crippen molar-refractivity contribution in [2.75, 3.05) is 10.7 Å². The SMILES string of the molecule is Cc1cccc(C(=O)Nc2c(C)cc3nc(NN)sc3c2C)c1. The highest BCUT2D eigenvalue weighted by Crippen LogP contribution is 2.35. The van der Waals surface area contributed by atoms with E-state index in [1.54, 1.807) is 0 Å². The van der Waals surface area contributed by atoms with Gasteiger partial charge in [0.15, 0.2) is 5.13 Å². The van der Waals surface area contributed by atoms with Gasteiger partial charge in [-0.15, -0.1) is 0 Å². The predicted octanol–water partition coefficient (Wildman–Crippen LogP) is 3.76. The molecule has 0 bridgehead atoms. The van der Waals surface area contributed by atoms with E-state index in [-0.39, 0.29) is 5.91 Å². The Balaban J connectivity index is 2.01. The molecule has 0 atom stereocenters. The first-order chi connectivity index (χ1) is 11.0. The minimum absolute atomic E-state index is 0.110. The maximum absolute atomic E-state index is 12.5. The summed E-state index contributed by atoms with van der Waals surface area (Å²) in [4.78, 5) is 16.9. The molecule has 2 aromatic carbocycles. The van der Waals surface area contributed by atoms with Gasteiger partial charge in [-0.3, -0.25) is 10.2 Å². The number of anilines is 2. The molecular weight excluding hydrogens is 308 g/mol. The first-order valence-corrected chi connectivity index (χ1v) is 8.06. The van der Waals surface area contributed by atoms with Crippen molar-refractivity contribution in [1.82, 2.24) is 4.98 Å². The van der Waals surface area contributed by atoms with Crippen molar-refractivity contribution >= 4 is 38.3 Å². The summed E-state index contributed by atoms with van der Waals surface area (Å²) < 4.78 is 1.02. The summed E-state index contributed by atoms with van der Waals surface area (Å²) in [7, 11) is 0. The maximum atomic E-state index is 12.5. The summed E-state index contributed by atoms with van der Waals surface area (Å²) in [6, 6.07) is 9.51. The number of amides is 1. The Morgan fingerprint density at radius 2 is 2.00 bits per heavy atom. The lowest BCUT2D eigenvalue weighted by atomic mass is 10.1. The topological polar surface area (TPSA) is 80.0 Å². The number of fused-ring (bicyclic) bond motifs is 1. The Hall–Kier alpha value is -2.44. The fourth-order valence-corrected chi connectivity index (χ4v) is 3.47. The fraction of sp³-hybridized carbons (Fsp3) is 0.176. The highest BCUT2D eigenvalue weighted by molar-refractivity contribution is 7.22. The van der Waals surface area contributed by atoms with Gasteiger partial charge in [-0.25, -0.2) is 10.8 Å². The molecule has 0 spiro atoms. The minimum atomic E-state index is -0.110. The number of aromatic nitrogens is 1. The van der Waals surface area contributed by atoms with E-state index in [0.717, 1.165) is 32.6 Å². The average Bonchev–Trinajstić information content (AvgIpc) is 2.94. The Morgan fingerprint density at radius 1 is 1.22 bits per heavy atom. The summed E-state index contributed by atoms with van der Waals surface area (Å²) >= 11 is 1.47. The molecule has 23 heavy (non-hydrogen) atoms. The summed E-state index contributed by atoms with van der Waals surface area (Å²) in [6.45, 7) is 5.92. The average molecular weight is 326 g/mol. The van der Waals surface area contributed by atoms with Gasteiger partial charge in [0.25, 0.3) is 5.91 Å². The van der Waals surface area contributed by atoms with E-state index in [9.17, 15) is 4.79 Å². The third kappa shape index (κ3) is 2.91. The lowest BCUT2D eigenvalue weighted by Gasteiger charge is -2.12. The van der Waals surface area contributed by atoms with E-state index < -0.39 is 0 Å². The van der Waals surface area contributed by atoms with E-state index in [1.165, 1.54) is 11.3 Å². The number of nitrogens with one attached hydrogen (secondary N) is 2. The van der Waals surface area contributed by atoms with Gasteiger partial charge in [-0.05, 0) is 50.1 Å². The standard InChI is InChI=1S/C17H18N4OS/c1-9-5-4-6-12(7-9)16(22)20-14-10(2)8-13-15(11(14)3)23-17(19-13)21-18/h4-8H,18H2,1-3H3,(H,19,21)(H,20,22). The fourth-order valence-electron chi connectivity index (χ4n) is 2.61. The van der Waals surface area contributed by atoms with Crippen LogP contribution in [0.5, 0.6) is 0 Å². The number of nitrogens with zero attached hydrogens (tertiary/aromatic N) is 1. The molecule has 6 heteroatoms. The normalized spacial score (nSPS) is 10.8. The molecule has 5 nitrogen and oxygen atoms in total. The van der Waals surface area contributed by atoms with Crippen LogP contribution in [0, 0.1) is 20.8 Å². The van der Waals surface area contributed by atoms with Crippen molar-refractivity contribution < 1.29 is 4.79 Å². The van der Waals surface area contributed by atoms with Crippen LogP contribution >= 0.6 is 11.3 Å². The summed E-state index contributed by atoms with van der Waals surface area (Å²) in [5.41, 5.74) is 7.97. The summed E-state index contributed by atoms with van der Waals surface area (Å²) in [5.74, 6) is 5.33. The number of thiazole rings is 1. The second kappa shape index (κ2) is 5.98. The Bertz CT molecular complexity index is 901. The van der Waals surface area contributed by atoms with Crippen LogP contribution in [0.3, 0.4) is 0 Å². The van der Waals surface area contributed by atoms with Crippen molar-refractivity contribution in [2.45, 2.75) is 20.8 Å². The number of hydrogen-bond donors (Lipinski definition) is 3. The van der Waals surface area contributed by atoms with E-state index in [1.807, 2.05) is 51.1 Å². The number of carbonyl (C=O) groups is 1. The van der Waals surface area contributed by atoms with Gasteiger partial charge in [0.1, 0.15) is 0 Å². The zero-order chi connectivity index (χ0) is 16.6. The van der Waals surface area contributed by atoms with Gasteiger partial charge in [0, 0.05) is 11.3 Å².